The van der Waals surface area contributed by atoms with Crippen LogP contribution >= 0.6 is 0 Å². The van der Waals surface area contributed by atoms with Gasteiger partial charge in [-0.2, -0.15) is 0 Å². The number of hydrogen-bond donors (Lipinski definition) is 0. The summed E-state index contributed by atoms with van der Waals surface area (Å²) in [4.78, 5) is 4.72. The molecule has 0 unspecified atom stereocenters. The summed E-state index contributed by atoms with van der Waals surface area (Å²) in [6.45, 7) is 8.37. The second-order valence-electron chi connectivity index (χ2n) is 4.85. The average molecular weight is 237 g/mol. The highest BCUT2D eigenvalue weighted by atomic mass is 14.7. The Hall–Kier alpha value is -1.89. The zero-order chi connectivity index (χ0) is 13.1. The lowest BCUT2D eigenvalue weighted by Crippen LogP contribution is -1.94. The maximum absolute atomic E-state index is 4.72. The first-order valence-corrected chi connectivity index (χ1v) is 6.26. The molecule has 0 atom stereocenters. The summed E-state index contributed by atoms with van der Waals surface area (Å²) >= 11 is 0. The van der Waals surface area contributed by atoms with E-state index in [-0.39, 0.29) is 0 Å². The van der Waals surface area contributed by atoms with Crippen molar-refractivity contribution in [1.82, 2.24) is 0 Å². The minimum atomic E-state index is 1.05. The SMILES string of the molecule is CC(=Nc1ccc(C)cc1C)c1ccc(C)cc1. The van der Waals surface area contributed by atoms with Crippen LogP contribution in [0, 0.1) is 20.8 Å². The van der Waals surface area contributed by atoms with Crippen molar-refractivity contribution in [2.45, 2.75) is 27.7 Å². The Balaban J connectivity index is 2.35. The van der Waals surface area contributed by atoms with E-state index >= 15 is 0 Å². The number of rotatable bonds is 2. The first kappa shape index (κ1) is 12.6. The Labute approximate surface area is 109 Å². The third kappa shape index (κ3) is 2.86. The van der Waals surface area contributed by atoms with Crippen molar-refractivity contribution < 1.29 is 0 Å². The van der Waals surface area contributed by atoms with Crippen LogP contribution in [0.15, 0.2) is 47.5 Å². The van der Waals surface area contributed by atoms with E-state index in [1.54, 1.807) is 0 Å². The molecule has 0 saturated heterocycles. The third-order valence-corrected chi connectivity index (χ3v) is 3.11. The van der Waals surface area contributed by atoms with Gasteiger partial charge < -0.3 is 0 Å². The van der Waals surface area contributed by atoms with Crippen LogP contribution in [0.1, 0.15) is 29.2 Å². The summed E-state index contributed by atoms with van der Waals surface area (Å²) in [5, 5.41) is 0. The molecule has 0 saturated carbocycles. The molecule has 2 aromatic carbocycles. The molecule has 1 heteroatoms. The summed E-state index contributed by atoms with van der Waals surface area (Å²) in [6.07, 6.45) is 0. The lowest BCUT2D eigenvalue weighted by atomic mass is 10.1. The molecular weight excluding hydrogens is 218 g/mol. The number of nitrogens with zero attached hydrogens (tertiary/aromatic N) is 1. The average Bonchev–Trinajstić information content (AvgIpc) is 2.33. The van der Waals surface area contributed by atoms with Gasteiger partial charge in [0, 0.05) is 5.71 Å². The summed E-state index contributed by atoms with van der Waals surface area (Å²) < 4.78 is 0. The molecule has 2 rings (SSSR count). The minimum Gasteiger partial charge on any atom is -0.253 e. The molecule has 0 bridgehead atoms. The molecule has 0 aliphatic carbocycles. The van der Waals surface area contributed by atoms with E-state index < -0.39 is 0 Å². The van der Waals surface area contributed by atoms with Gasteiger partial charge in [0.2, 0.25) is 0 Å². The van der Waals surface area contributed by atoms with Crippen LogP contribution in [0.25, 0.3) is 0 Å². The van der Waals surface area contributed by atoms with Crippen LogP contribution in [0.5, 0.6) is 0 Å². The fourth-order valence-corrected chi connectivity index (χ4v) is 1.97. The van der Waals surface area contributed by atoms with Gasteiger partial charge in [-0.1, -0.05) is 47.5 Å². The molecule has 92 valence electrons. The normalized spacial score (nSPS) is 11.7. The van der Waals surface area contributed by atoms with Crippen molar-refractivity contribution in [2.24, 2.45) is 4.99 Å². The predicted octanol–water partition coefficient (Wildman–Crippen LogP) is 4.75. The molecule has 0 spiro atoms. The Kier molecular flexibility index (Phi) is 3.61. The van der Waals surface area contributed by atoms with Gasteiger partial charge >= 0.3 is 0 Å². The molecule has 0 fully saturated rings. The topological polar surface area (TPSA) is 12.4 Å². The maximum Gasteiger partial charge on any atom is 0.0662 e. The Morgan fingerprint density at radius 3 is 2.06 bits per heavy atom. The van der Waals surface area contributed by atoms with E-state index in [2.05, 4.69) is 70.2 Å². The fraction of sp³-hybridized carbons (Fsp3) is 0.235. The van der Waals surface area contributed by atoms with E-state index in [0.717, 1.165) is 11.4 Å². The molecule has 0 heterocycles. The van der Waals surface area contributed by atoms with Crippen LogP contribution in [0.4, 0.5) is 5.69 Å². The van der Waals surface area contributed by atoms with Crippen LogP contribution in [-0.2, 0) is 0 Å². The largest absolute Gasteiger partial charge is 0.253 e. The van der Waals surface area contributed by atoms with E-state index in [0.29, 0.717) is 0 Å². The molecule has 1 nitrogen and oxygen atoms in total. The molecule has 18 heavy (non-hydrogen) atoms. The highest BCUT2D eigenvalue weighted by Crippen LogP contribution is 2.20. The zero-order valence-corrected chi connectivity index (χ0v) is 11.5. The van der Waals surface area contributed by atoms with E-state index in [1.165, 1.54) is 22.3 Å². The van der Waals surface area contributed by atoms with E-state index in [4.69, 9.17) is 4.99 Å². The monoisotopic (exact) mass is 237 g/mol. The molecule has 2 aromatic rings. The van der Waals surface area contributed by atoms with Gasteiger partial charge in [0.05, 0.1) is 5.69 Å². The van der Waals surface area contributed by atoms with Gasteiger partial charge in [0.25, 0.3) is 0 Å². The minimum absolute atomic E-state index is 1.05. The van der Waals surface area contributed by atoms with Crippen LogP contribution in [0.2, 0.25) is 0 Å². The predicted molar refractivity (Wildman–Crippen MR) is 79.0 cm³/mol. The van der Waals surface area contributed by atoms with Crippen molar-refractivity contribution in [3.05, 3.63) is 64.7 Å². The lowest BCUT2D eigenvalue weighted by molar-refractivity contribution is 1.34. The van der Waals surface area contributed by atoms with E-state index in [1.807, 2.05) is 0 Å². The Morgan fingerprint density at radius 2 is 1.44 bits per heavy atom. The second-order valence-corrected chi connectivity index (χ2v) is 4.85. The first-order chi connectivity index (χ1) is 8.56. The Morgan fingerprint density at radius 1 is 0.833 bits per heavy atom. The summed E-state index contributed by atoms with van der Waals surface area (Å²) in [6, 6.07) is 14.8. The highest BCUT2D eigenvalue weighted by Gasteiger charge is 2.00. The molecule has 0 aromatic heterocycles. The molecular formula is C17H19N. The van der Waals surface area contributed by atoms with Gasteiger partial charge in [-0.3, -0.25) is 4.99 Å². The fourth-order valence-electron chi connectivity index (χ4n) is 1.97. The van der Waals surface area contributed by atoms with Gasteiger partial charge in [-0.15, -0.1) is 0 Å². The Bertz CT molecular complexity index is 577. The number of aryl methyl sites for hydroxylation is 3. The summed E-state index contributed by atoms with van der Waals surface area (Å²) in [5.41, 5.74) is 7.07. The van der Waals surface area contributed by atoms with Crippen molar-refractivity contribution in [3.63, 3.8) is 0 Å². The number of benzene rings is 2. The van der Waals surface area contributed by atoms with Crippen molar-refractivity contribution in [2.75, 3.05) is 0 Å². The second kappa shape index (κ2) is 5.18. The lowest BCUT2D eigenvalue weighted by Gasteiger charge is -2.05. The van der Waals surface area contributed by atoms with Gasteiger partial charge in [-0.05, 0) is 44.9 Å². The quantitative estimate of drug-likeness (QED) is 0.668. The van der Waals surface area contributed by atoms with Gasteiger partial charge in [-0.25, -0.2) is 0 Å². The molecule has 0 radical (unpaired) electrons. The number of aliphatic imine (C=N–C) groups is 1. The van der Waals surface area contributed by atoms with Crippen LogP contribution in [-0.4, -0.2) is 5.71 Å². The molecule has 0 aliphatic rings. The van der Waals surface area contributed by atoms with Gasteiger partial charge in [0.1, 0.15) is 0 Å². The maximum atomic E-state index is 4.72. The van der Waals surface area contributed by atoms with Crippen molar-refractivity contribution in [3.8, 4) is 0 Å². The third-order valence-electron chi connectivity index (χ3n) is 3.11. The summed E-state index contributed by atoms with van der Waals surface area (Å²) in [7, 11) is 0. The highest BCUT2D eigenvalue weighted by molar-refractivity contribution is 6.00. The van der Waals surface area contributed by atoms with E-state index in [9.17, 15) is 0 Å². The molecule has 0 amide bonds. The first-order valence-electron chi connectivity index (χ1n) is 6.26. The molecule has 0 N–H and O–H groups in total. The van der Waals surface area contributed by atoms with Crippen LogP contribution in [0.3, 0.4) is 0 Å². The summed E-state index contributed by atoms with van der Waals surface area (Å²) in [5.74, 6) is 0. The number of hydrogen-bond acceptors (Lipinski definition) is 1. The van der Waals surface area contributed by atoms with Crippen molar-refractivity contribution >= 4 is 11.4 Å². The van der Waals surface area contributed by atoms with Gasteiger partial charge in [0.15, 0.2) is 0 Å². The smallest absolute Gasteiger partial charge is 0.0662 e. The zero-order valence-electron chi connectivity index (χ0n) is 11.5. The van der Waals surface area contributed by atoms with Crippen LogP contribution < -0.4 is 0 Å². The molecule has 0 aliphatic heterocycles. The standard InChI is InChI=1S/C17H19N/c1-12-5-8-16(9-6-12)15(4)18-17-10-7-13(2)11-14(17)3/h5-11H,1-4H3. The van der Waals surface area contributed by atoms with Crippen molar-refractivity contribution in [1.29, 1.82) is 0 Å².